The van der Waals surface area contributed by atoms with Gasteiger partial charge < -0.3 is 15.0 Å². The Balaban J connectivity index is 1.88. The lowest BCUT2D eigenvalue weighted by Gasteiger charge is -2.42. The van der Waals surface area contributed by atoms with Crippen LogP contribution in [0.3, 0.4) is 0 Å². The van der Waals surface area contributed by atoms with E-state index in [2.05, 4.69) is 10.3 Å². The number of aromatic amines is 1. The zero-order valence-corrected chi connectivity index (χ0v) is 11.7. The van der Waals surface area contributed by atoms with Gasteiger partial charge >= 0.3 is 0 Å². The van der Waals surface area contributed by atoms with Crippen molar-refractivity contribution >= 4 is 5.91 Å². The number of carbonyl (C=O) groups excluding carboxylic acids is 1. The molecule has 2 heterocycles. The highest BCUT2D eigenvalue weighted by atomic mass is 16.5. The van der Waals surface area contributed by atoms with Gasteiger partial charge in [-0.3, -0.25) is 9.59 Å². The number of hydrogen-bond donors (Lipinski definition) is 2. The van der Waals surface area contributed by atoms with Gasteiger partial charge in [-0.1, -0.05) is 30.3 Å². The Bertz CT molecular complexity index is 718. The minimum Gasteiger partial charge on any atom is -0.376 e. The molecule has 1 aromatic heterocycles. The van der Waals surface area contributed by atoms with Crippen LogP contribution in [-0.4, -0.2) is 24.1 Å². The molecule has 0 saturated carbocycles. The molecule has 0 bridgehead atoms. The molecule has 3 rings (SSSR count). The van der Waals surface area contributed by atoms with Crippen LogP contribution in [0.2, 0.25) is 0 Å². The molecule has 1 saturated heterocycles. The fraction of sp³-hybridized carbons (Fsp3) is 0.250. The van der Waals surface area contributed by atoms with E-state index in [-0.39, 0.29) is 16.9 Å². The smallest absolute Gasteiger partial charge is 0.257 e. The molecule has 1 fully saturated rings. The molecule has 0 unspecified atom stereocenters. The molecule has 1 amide bonds. The Kier molecular flexibility index (Phi) is 3.35. The van der Waals surface area contributed by atoms with Crippen molar-refractivity contribution in [3.63, 3.8) is 0 Å². The van der Waals surface area contributed by atoms with Crippen LogP contribution in [0, 0.1) is 6.92 Å². The van der Waals surface area contributed by atoms with Crippen molar-refractivity contribution < 1.29 is 9.53 Å². The predicted molar refractivity (Wildman–Crippen MR) is 78.2 cm³/mol. The van der Waals surface area contributed by atoms with Crippen LogP contribution in [0.4, 0.5) is 0 Å². The first kappa shape index (κ1) is 13.6. The molecule has 1 aliphatic heterocycles. The van der Waals surface area contributed by atoms with Gasteiger partial charge in [-0.2, -0.15) is 0 Å². The van der Waals surface area contributed by atoms with Gasteiger partial charge in [-0.05, 0) is 12.5 Å². The van der Waals surface area contributed by atoms with Gasteiger partial charge in [0, 0.05) is 18.0 Å². The number of ether oxygens (including phenoxy) is 1. The standard InChI is InChI=1S/C16H16N2O3/c1-11-7-14(19)13(8-17-11)15(20)18-16(9-21-10-16)12-5-3-2-4-6-12/h2-8H,9-10H2,1H3,(H,17,19)(H,18,20). The van der Waals surface area contributed by atoms with E-state index in [1.165, 1.54) is 12.3 Å². The van der Waals surface area contributed by atoms with E-state index >= 15 is 0 Å². The van der Waals surface area contributed by atoms with Gasteiger partial charge in [0.1, 0.15) is 11.1 Å². The lowest BCUT2D eigenvalue weighted by molar-refractivity contribution is -0.0734. The Labute approximate surface area is 122 Å². The molecule has 0 radical (unpaired) electrons. The highest BCUT2D eigenvalue weighted by molar-refractivity contribution is 5.94. The summed E-state index contributed by atoms with van der Waals surface area (Å²) in [4.78, 5) is 27.2. The van der Waals surface area contributed by atoms with Crippen LogP contribution in [-0.2, 0) is 10.3 Å². The largest absolute Gasteiger partial charge is 0.376 e. The van der Waals surface area contributed by atoms with Crippen molar-refractivity contribution in [2.24, 2.45) is 0 Å². The Morgan fingerprint density at radius 2 is 2.00 bits per heavy atom. The van der Waals surface area contributed by atoms with Crippen molar-refractivity contribution in [1.29, 1.82) is 0 Å². The third-order valence-corrected chi connectivity index (χ3v) is 3.68. The van der Waals surface area contributed by atoms with Crippen LogP contribution in [0.1, 0.15) is 21.6 Å². The van der Waals surface area contributed by atoms with Crippen LogP contribution in [0.15, 0.2) is 47.4 Å². The van der Waals surface area contributed by atoms with Crippen molar-refractivity contribution in [3.8, 4) is 0 Å². The highest BCUT2D eigenvalue weighted by Gasteiger charge is 2.42. The number of carbonyl (C=O) groups is 1. The van der Waals surface area contributed by atoms with E-state index in [1.807, 2.05) is 30.3 Å². The molecule has 2 aromatic rings. The maximum atomic E-state index is 12.4. The highest BCUT2D eigenvalue weighted by Crippen LogP contribution is 2.29. The molecule has 0 atom stereocenters. The summed E-state index contributed by atoms with van der Waals surface area (Å²) in [6.45, 7) is 2.59. The summed E-state index contributed by atoms with van der Waals surface area (Å²) in [7, 11) is 0. The summed E-state index contributed by atoms with van der Waals surface area (Å²) in [6.07, 6.45) is 1.45. The summed E-state index contributed by atoms with van der Waals surface area (Å²) in [5, 5.41) is 2.94. The molecule has 1 aliphatic rings. The lowest BCUT2D eigenvalue weighted by atomic mass is 9.87. The second-order valence-electron chi connectivity index (χ2n) is 5.29. The fourth-order valence-corrected chi connectivity index (χ4v) is 2.41. The summed E-state index contributed by atoms with van der Waals surface area (Å²) >= 11 is 0. The molecule has 5 heteroatoms. The zero-order chi connectivity index (χ0) is 14.9. The Morgan fingerprint density at radius 1 is 1.29 bits per heavy atom. The molecule has 2 N–H and O–H groups in total. The average Bonchev–Trinajstić information content (AvgIpc) is 2.43. The van der Waals surface area contributed by atoms with Crippen molar-refractivity contribution in [2.45, 2.75) is 12.5 Å². The number of pyridine rings is 1. The van der Waals surface area contributed by atoms with Crippen molar-refractivity contribution in [2.75, 3.05) is 13.2 Å². The molecular formula is C16H16N2O3. The number of rotatable bonds is 3. The van der Waals surface area contributed by atoms with Crippen molar-refractivity contribution in [1.82, 2.24) is 10.3 Å². The second kappa shape index (κ2) is 5.18. The molecular weight excluding hydrogens is 268 g/mol. The lowest BCUT2D eigenvalue weighted by Crippen LogP contribution is -2.59. The number of nitrogens with one attached hydrogen (secondary N) is 2. The molecule has 0 aliphatic carbocycles. The van der Waals surface area contributed by atoms with E-state index in [9.17, 15) is 9.59 Å². The summed E-state index contributed by atoms with van der Waals surface area (Å²) in [6, 6.07) is 11.1. The van der Waals surface area contributed by atoms with E-state index in [1.54, 1.807) is 6.92 Å². The molecule has 1 aromatic carbocycles. The number of amides is 1. The van der Waals surface area contributed by atoms with E-state index in [0.29, 0.717) is 13.2 Å². The van der Waals surface area contributed by atoms with Crippen molar-refractivity contribution in [3.05, 3.63) is 69.6 Å². The third kappa shape index (κ3) is 2.48. The normalized spacial score (nSPS) is 16.0. The first-order chi connectivity index (χ1) is 10.1. The van der Waals surface area contributed by atoms with Gasteiger partial charge in [0.2, 0.25) is 0 Å². The Hall–Kier alpha value is -2.40. The minimum atomic E-state index is -0.546. The first-order valence-corrected chi connectivity index (χ1v) is 6.76. The van der Waals surface area contributed by atoms with Gasteiger partial charge in [-0.15, -0.1) is 0 Å². The Morgan fingerprint density at radius 3 is 2.57 bits per heavy atom. The van der Waals surface area contributed by atoms with Gasteiger partial charge in [0.15, 0.2) is 5.43 Å². The SMILES string of the molecule is Cc1cc(=O)c(C(=O)NC2(c3ccccc3)COC2)c[nH]1. The zero-order valence-electron chi connectivity index (χ0n) is 11.7. The van der Waals surface area contributed by atoms with Crippen LogP contribution in [0.25, 0.3) is 0 Å². The number of aryl methyl sites for hydroxylation is 1. The third-order valence-electron chi connectivity index (χ3n) is 3.68. The molecule has 108 valence electrons. The van der Waals surface area contributed by atoms with Gasteiger partial charge in [-0.25, -0.2) is 0 Å². The molecule has 21 heavy (non-hydrogen) atoms. The summed E-state index contributed by atoms with van der Waals surface area (Å²) in [5.74, 6) is -0.386. The fourth-order valence-electron chi connectivity index (χ4n) is 2.41. The number of benzene rings is 1. The first-order valence-electron chi connectivity index (χ1n) is 6.76. The molecule has 5 nitrogen and oxygen atoms in total. The maximum Gasteiger partial charge on any atom is 0.257 e. The van der Waals surface area contributed by atoms with E-state index < -0.39 is 5.54 Å². The number of aromatic nitrogens is 1. The number of hydrogen-bond acceptors (Lipinski definition) is 3. The van der Waals surface area contributed by atoms with Crippen LogP contribution >= 0.6 is 0 Å². The van der Waals surface area contributed by atoms with E-state index in [4.69, 9.17) is 4.74 Å². The summed E-state index contributed by atoms with van der Waals surface area (Å²) in [5.41, 5.74) is 0.986. The topological polar surface area (TPSA) is 71.2 Å². The predicted octanol–water partition coefficient (Wildman–Crippen LogP) is 1.34. The van der Waals surface area contributed by atoms with Gasteiger partial charge in [0.25, 0.3) is 5.91 Å². The number of H-pyrrole nitrogens is 1. The van der Waals surface area contributed by atoms with Crippen LogP contribution < -0.4 is 10.7 Å². The maximum absolute atomic E-state index is 12.4. The quantitative estimate of drug-likeness (QED) is 0.893. The van der Waals surface area contributed by atoms with Gasteiger partial charge in [0.05, 0.1) is 13.2 Å². The second-order valence-corrected chi connectivity index (χ2v) is 5.29. The van der Waals surface area contributed by atoms with Crippen LogP contribution in [0.5, 0.6) is 0 Å². The minimum absolute atomic E-state index is 0.114. The van der Waals surface area contributed by atoms with E-state index in [0.717, 1.165) is 11.3 Å². The average molecular weight is 284 g/mol. The monoisotopic (exact) mass is 284 g/mol. The summed E-state index contributed by atoms with van der Waals surface area (Å²) < 4.78 is 5.28. The molecule has 0 spiro atoms.